The monoisotopic (exact) mass is 332 g/mol. The van der Waals surface area contributed by atoms with Gasteiger partial charge in [-0.1, -0.05) is 6.07 Å². The lowest BCUT2D eigenvalue weighted by Gasteiger charge is -2.34. The van der Waals surface area contributed by atoms with Gasteiger partial charge in [0.2, 0.25) is 6.79 Å². The number of fused-ring (bicyclic) bond motifs is 1. The van der Waals surface area contributed by atoms with E-state index in [1.807, 2.05) is 17.0 Å². The Labute approximate surface area is 137 Å². The number of hydrogen-bond acceptors (Lipinski definition) is 7. The molecule has 4 rings (SSSR count). The second-order valence-corrected chi connectivity index (χ2v) is 6.11. The summed E-state index contributed by atoms with van der Waals surface area (Å²) in [4.78, 5) is 16.4. The third-order valence-corrected chi connectivity index (χ3v) is 4.56. The summed E-state index contributed by atoms with van der Waals surface area (Å²) in [6, 6.07) is 6.04. The number of piperazine rings is 1. The molecule has 1 aromatic carbocycles. The Morgan fingerprint density at radius 1 is 1.17 bits per heavy atom. The summed E-state index contributed by atoms with van der Waals surface area (Å²) in [5.41, 5.74) is 1.64. The van der Waals surface area contributed by atoms with E-state index in [2.05, 4.69) is 19.7 Å². The molecule has 2 aliphatic heterocycles. The third kappa shape index (κ3) is 2.99. The summed E-state index contributed by atoms with van der Waals surface area (Å²) in [6.45, 7) is 4.25. The summed E-state index contributed by atoms with van der Waals surface area (Å²) < 4.78 is 18.6. The minimum atomic E-state index is -0.0264. The normalized spacial score (nSPS) is 17.5. The number of benzene rings is 1. The molecule has 0 atom stereocenters. The zero-order chi connectivity index (χ0) is 15.6. The van der Waals surface area contributed by atoms with Crippen molar-refractivity contribution < 1.29 is 14.3 Å². The summed E-state index contributed by atoms with van der Waals surface area (Å²) in [5, 5.41) is 0. The van der Waals surface area contributed by atoms with Gasteiger partial charge in [0, 0.05) is 32.7 Å². The fourth-order valence-corrected chi connectivity index (χ4v) is 3.23. The zero-order valence-corrected chi connectivity index (χ0v) is 13.3. The highest BCUT2D eigenvalue weighted by molar-refractivity contribution is 6.99. The number of rotatable bonds is 3. The molecule has 0 saturated carbocycles. The molecule has 0 bridgehead atoms. The molecular formula is C15H16N4O3S. The lowest BCUT2D eigenvalue weighted by Crippen LogP contribution is -2.48. The van der Waals surface area contributed by atoms with E-state index in [1.165, 1.54) is 11.8 Å². The summed E-state index contributed by atoms with van der Waals surface area (Å²) in [5.74, 6) is 1.59. The lowest BCUT2D eigenvalue weighted by molar-refractivity contribution is 0.0623. The van der Waals surface area contributed by atoms with Crippen LogP contribution in [0.1, 0.15) is 16.1 Å². The molecular weight excluding hydrogens is 316 g/mol. The largest absolute Gasteiger partial charge is 0.454 e. The van der Waals surface area contributed by atoms with Gasteiger partial charge in [0.05, 0.1) is 17.9 Å². The first-order chi connectivity index (χ1) is 11.3. The predicted molar refractivity (Wildman–Crippen MR) is 83.7 cm³/mol. The minimum absolute atomic E-state index is 0.0264. The van der Waals surface area contributed by atoms with E-state index in [0.29, 0.717) is 25.6 Å². The van der Waals surface area contributed by atoms with E-state index < -0.39 is 0 Å². The Morgan fingerprint density at radius 2 is 2.00 bits per heavy atom. The van der Waals surface area contributed by atoms with Crippen LogP contribution in [0.5, 0.6) is 11.5 Å². The molecule has 0 N–H and O–H groups in total. The molecule has 0 unspecified atom stereocenters. The first-order valence-corrected chi connectivity index (χ1v) is 8.20. The van der Waals surface area contributed by atoms with Crippen LogP contribution in [0, 0.1) is 0 Å². The molecule has 1 aromatic heterocycles. The molecule has 1 fully saturated rings. The predicted octanol–water partition coefficient (Wildman–Crippen LogP) is 1.22. The summed E-state index contributed by atoms with van der Waals surface area (Å²) in [7, 11) is 0. The molecule has 120 valence electrons. The van der Waals surface area contributed by atoms with Gasteiger partial charge in [0.25, 0.3) is 5.91 Å². The first-order valence-electron chi connectivity index (χ1n) is 7.47. The molecule has 2 aliphatic rings. The van der Waals surface area contributed by atoms with Gasteiger partial charge in [0.15, 0.2) is 17.2 Å². The molecule has 7 nitrogen and oxygen atoms in total. The average Bonchev–Trinajstić information content (AvgIpc) is 3.26. The van der Waals surface area contributed by atoms with E-state index in [-0.39, 0.29) is 5.91 Å². The Kier molecular flexibility index (Phi) is 3.84. The van der Waals surface area contributed by atoms with Crippen LogP contribution in [-0.2, 0) is 6.54 Å². The third-order valence-electron chi connectivity index (χ3n) is 4.08. The van der Waals surface area contributed by atoms with Gasteiger partial charge in [-0.2, -0.15) is 8.75 Å². The molecule has 8 heteroatoms. The van der Waals surface area contributed by atoms with Crippen LogP contribution in [0.3, 0.4) is 0 Å². The van der Waals surface area contributed by atoms with Gasteiger partial charge in [-0.15, -0.1) is 0 Å². The van der Waals surface area contributed by atoms with E-state index in [0.717, 1.165) is 42.9 Å². The summed E-state index contributed by atoms with van der Waals surface area (Å²) >= 11 is 1.06. The molecule has 0 spiro atoms. The fraction of sp³-hybridized carbons (Fsp3) is 0.400. The van der Waals surface area contributed by atoms with Gasteiger partial charge in [-0.3, -0.25) is 9.69 Å². The number of nitrogens with zero attached hydrogens (tertiary/aromatic N) is 4. The maximum atomic E-state index is 12.2. The van der Waals surface area contributed by atoms with Crippen LogP contribution in [0.2, 0.25) is 0 Å². The van der Waals surface area contributed by atoms with Crippen LogP contribution in [0.25, 0.3) is 0 Å². The second kappa shape index (κ2) is 6.13. The quantitative estimate of drug-likeness (QED) is 0.842. The first kappa shape index (κ1) is 14.4. The average molecular weight is 332 g/mol. The topological polar surface area (TPSA) is 67.8 Å². The lowest BCUT2D eigenvalue weighted by atomic mass is 10.1. The molecule has 0 radical (unpaired) electrons. The van der Waals surface area contributed by atoms with E-state index in [1.54, 1.807) is 0 Å². The standard InChI is InChI=1S/C15H16N4O3S/c20-15(12-8-16-23-17-12)19-5-3-18(4-6-19)9-11-1-2-13-14(7-11)22-10-21-13/h1-2,7-8H,3-6,9-10H2. The number of ether oxygens (including phenoxy) is 2. The highest BCUT2D eigenvalue weighted by Crippen LogP contribution is 2.32. The van der Waals surface area contributed by atoms with Crippen LogP contribution < -0.4 is 9.47 Å². The fourth-order valence-electron chi connectivity index (χ4n) is 2.83. The summed E-state index contributed by atoms with van der Waals surface area (Å²) in [6.07, 6.45) is 1.53. The van der Waals surface area contributed by atoms with Crippen LogP contribution in [0.15, 0.2) is 24.4 Å². The van der Waals surface area contributed by atoms with Crippen LogP contribution in [-0.4, -0.2) is 57.4 Å². The highest BCUT2D eigenvalue weighted by Gasteiger charge is 2.24. The second-order valence-electron chi connectivity index (χ2n) is 5.55. The smallest absolute Gasteiger partial charge is 0.275 e. The van der Waals surface area contributed by atoms with Crippen LogP contribution >= 0.6 is 11.7 Å². The van der Waals surface area contributed by atoms with Gasteiger partial charge in [-0.05, 0) is 17.7 Å². The van der Waals surface area contributed by atoms with Crippen molar-refractivity contribution in [2.75, 3.05) is 33.0 Å². The van der Waals surface area contributed by atoms with E-state index in [4.69, 9.17) is 9.47 Å². The van der Waals surface area contributed by atoms with Crippen molar-refractivity contribution in [3.8, 4) is 11.5 Å². The molecule has 23 heavy (non-hydrogen) atoms. The van der Waals surface area contributed by atoms with Gasteiger partial charge < -0.3 is 14.4 Å². The van der Waals surface area contributed by atoms with Gasteiger partial charge in [0.1, 0.15) is 0 Å². The number of carbonyl (C=O) groups excluding carboxylic acids is 1. The maximum absolute atomic E-state index is 12.2. The van der Waals surface area contributed by atoms with Crippen molar-refractivity contribution in [2.24, 2.45) is 0 Å². The molecule has 3 heterocycles. The SMILES string of the molecule is O=C(c1cnsn1)N1CCN(Cc2ccc3c(c2)OCO3)CC1. The number of aromatic nitrogens is 2. The molecule has 2 aromatic rings. The van der Waals surface area contributed by atoms with Crippen molar-refractivity contribution in [2.45, 2.75) is 6.54 Å². The Bertz CT molecular complexity index is 699. The number of hydrogen-bond donors (Lipinski definition) is 0. The van der Waals surface area contributed by atoms with Crippen molar-refractivity contribution in [3.63, 3.8) is 0 Å². The molecule has 0 aliphatic carbocycles. The Morgan fingerprint density at radius 3 is 2.78 bits per heavy atom. The maximum Gasteiger partial charge on any atom is 0.275 e. The Balaban J connectivity index is 1.34. The number of carbonyl (C=O) groups is 1. The minimum Gasteiger partial charge on any atom is -0.454 e. The molecule has 1 amide bonds. The van der Waals surface area contributed by atoms with Crippen molar-refractivity contribution in [3.05, 3.63) is 35.7 Å². The van der Waals surface area contributed by atoms with E-state index >= 15 is 0 Å². The van der Waals surface area contributed by atoms with Crippen molar-refractivity contribution in [1.29, 1.82) is 0 Å². The van der Waals surface area contributed by atoms with Crippen molar-refractivity contribution in [1.82, 2.24) is 18.5 Å². The number of amides is 1. The van der Waals surface area contributed by atoms with Gasteiger partial charge in [-0.25, -0.2) is 0 Å². The highest BCUT2D eigenvalue weighted by atomic mass is 32.1. The van der Waals surface area contributed by atoms with Crippen molar-refractivity contribution >= 4 is 17.6 Å². The van der Waals surface area contributed by atoms with Gasteiger partial charge >= 0.3 is 0 Å². The van der Waals surface area contributed by atoms with E-state index in [9.17, 15) is 4.79 Å². The molecule has 1 saturated heterocycles. The van der Waals surface area contributed by atoms with Crippen LogP contribution in [0.4, 0.5) is 0 Å². The zero-order valence-electron chi connectivity index (χ0n) is 12.5. The Hall–Kier alpha value is -2.19.